The molecule has 1 aromatic heterocycles. The Labute approximate surface area is 140 Å². The van der Waals surface area contributed by atoms with Gasteiger partial charge in [0.2, 0.25) is 0 Å². The molecule has 0 atom stereocenters. The van der Waals surface area contributed by atoms with E-state index in [0.29, 0.717) is 5.69 Å². The van der Waals surface area contributed by atoms with Crippen molar-refractivity contribution in [2.75, 3.05) is 0 Å². The van der Waals surface area contributed by atoms with Crippen LogP contribution in [-0.4, -0.2) is 4.98 Å². The summed E-state index contributed by atoms with van der Waals surface area (Å²) in [5.74, 6) is -0.506. The van der Waals surface area contributed by atoms with Crippen molar-refractivity contribution in [3.05, 3.63) is 80.8 Å². The summed E-state index contributed by atoms with van der Waals surface area (Å²) >= 11 is 3.13. The number of hydrogen-bond acceptors (Lipinski definition) is 2. The summed E-state index contributed by atoms with van der Waals surface area (Å²) in [6.07, 6.45) is 0. The van der Waals surface area contributed by atoms with Gasteiger partial charge in [0.05, 0.1) is 4.47 Å². The number of halogens is 2. The second kappa shape index (κ2) is 6.19. The Morgan fingerprint density at radius 1 is 1.04 bits per heavy atom. The summed E-state index contributed by atoms with van der Waals surface area (Å²) in [4.78, 5) is 14.9. The third kappa shape index (κ3) is 2.81. The summed E-state index contributed by atoms with van der Waals surface area (Å²) < 4.78 is 14.7. The molecule has 1 N–H and O–H groups in total. The largest absolute Gasteiger partial charge is 0.321 e. The molecule has 0 aliphatic rings. The molecule has 3 aromatic rings. The maximum atomic E-state index is 14.4. The van der Waals surface area contributed by atoms with Crippen molar-refractivity contribution in [2.45, 2.75) is 0 Å². The Morgan fingerprint density at radius 2 is 1.78 bits per heavy atom. The van der Waals surface area contributed by atoms with Gasteiger partial charge in [-0.05, 0) is 33.6 Å². The fourth-order valence-electron chi connectivity index (χ4n) is 2.37. The van der Waals surface area contributed by atoms with Gasteiger partial charge in [0, 0.05) is 16.8 Å². The van der Waals surface area contributed by atoms with E-state index in [9.17, 15) is 14.4 Å². The minimum Gasteiger partial charge on any atom is -0.321 e. The van der Waals surface area contributed by atoms with E-state index in [4.69, 9.17) is 0 Å². The smallest absolute Gasteiger partial charge is 0.266 e. The molecule has 0 saturated carbocycles. The van der Waals surface area contributed by atoms with Crippen LogP contribution in [0, 0.1) is 17.1 Å². The lowest BCUT2D eigenvalue weighted by Crippen LogP contribution is -2.13. The second-order valence-corrected chi connectivity index (χ2v) is 5.73. The summed E-state index contributed by atoms with van der Waals surface area (Å²) in [5, 5.41) is 9.28. The van der Waals surface area contributed by atoms with Gasteiger partial charge >= 0.3 is 0 Å². The van der Waals surface area contributed by atoms with E-state index in [-0.39, 0.29) is 21.2 Å². The van der Waals surface area contributed by atoms with Crippen molar-refractivity contribution in [1.82, 2.24) is 4.98 Å². The summed E-state index contributed by atoms with van der Waals surface area (Å²) in [7, 11) is 0. The van der Waals surface area contributed by atoms with Crippen LogP contribution in [0.5, 0.6) is 0 Å². The lowest BCUT2D eigenvalue weighted by Gasteiger charge is -2.09. The van der Waals surface area contributed by atoms with Crippen LogP contribution in [0.15, 0.2) is 63.9 Å². The van der Waals surface area contributed by atoms with E-state index in [1.54, 1.807) is 24.3 Å². The third-order valence-corrected chi connectivity index (χ3v) is 4.08. The minimum absolute atomic E-state index is 0.110. The maximum absolute atomic E-state index is 14.4. The first-order chi connectivity index (χ1) is 11.1. The number of nitriles is 1. The van der Waals surface area contributed by atoms with Gasteiger partial charge in [0.1, 0.15) is 17.4 Å². The van der Waals surface area contributed by atoms with Gasteiger partial charge in [0.15, 0.2) is 0 Å². The molecular formula is C18H10BrFN2O. The number of pyridine rings is 1. The van der Waals surface area contributed by atoms with Crippen LogP contribution in [0.3, 0.4) is 0 Å². The molecule has 2 aromatic carbocycles. The first-order valence-corrected chi connectivity index (χ1v) is 7.58. The van der Waals surface area contributed by atoms with Crippen molar-refractivity contribution in [3.8, 4) is 28.5 Å². The first-order valence-electron chi connectivity index (χ1n) is 6.79. The number of nitrogens with one attached hydrogen (secondary N) is 1. The monoisotopic (exact) mass is 368 g/mol. The topological polar surface area (TPSA) is 56.6 Å². The summed E-state index contributed by atoms with van der Waals surface area (Å²) in [5.41, 5.74) is 1.15. The number of nitrogens with zero attached hydrogens (tertiary/aromatic N) is 1. The van der Waals surface area contributed by atoms with Gasteiger partial charge in [-0.3, -0.25) is 4.79 Å². The van der Waals surface area contributed by atoms with Gasteiger partial charge in [-0.2, -0.15) is 5.26 Å². The molecule has 0 unspecified atom stereocenters. The van der Waals surface area contributed by atoms with E-state index in [2.05, 4.69) is 20.9 Å². The van der Waals surface area contributed by atoms with Crippen LogP contribution in [0.25, 0.3) is 22.4 Å². The SMILES string of the molecule is N#Cc1c(-c2cccc(Br)c2F)cc(-c2ccccc2)[nH]c1=O. The molecule has 0 spiro atoms. The molecule has 0 amide bonds. The van der Waals surface area contributed by atoms with Gasteiger partial charge in [-0.15, -0.1) is 0 Å². The van der Waals surface area contributed by atoms with E-state index in [1.165, 1.54) is 0 Å². The van der Waals surface area contributed by atoms with Crippen LogP contribution in [0.2, 0.25) is 0 Å². The predicted octanol–water partition coefficient (Wildman–Crippen LogP) is 4.48. The number of benzene rings is 2. The quantitative estimate of drug-likeness (QED) is 0.724. The predicted molar refractivity (Wildman–Crippen MR) is 90.3 cm³/mol. The third-order valence-electron chi connectivity index (χ3n) is 3.47. The molecule has 3 nitrogen and oxygen atoms in total. The van der Waals surface area contributed by atoms with Crippen LogP contribution in [0.4, 0.5) is 4.39 Å². The first kappa shape index (κ1) is 15.2. The van der Waals surface area contributed by atoms with Crippen LogP contribution >= 0.6 is 15.9 Å². The molecular weight excluding hydrogens is 359 g/mol. The van der Waals surface area contributed by atoms with Crippen molar-refractivity contribution in [3.63, 3.8) is 0 Å². The lowest BCUT2D eigenvalue weighted by molar-refractivity contribution is 0.624. The van der Waals surface area contributed by atoms with Crippen LogP contribution in [0.1, 0.15) is 5.56 Å². The molecule has 3 rings (SSSR count). The Hall–Kier alpha value is -2.71. The highest BCUT2D eigenvalue weighted by molar-refractivity contribution is 9.10. The zero-order valence-corrected chi connectivity index (χ0v) is 13.4. The zero-order valence-electron chi connectivity index (χ0n) is 11.8. The van der Waals surface area contributed by atoms with Gasteiger partial charge in [-0.1, -0.05) is 42.5 Å². The van der Waals surface area contributed by atoms with Gasteiger partial charge < -0.3 is 4.98 Å². The van der Waals surface area contributed by atoms with Gasteiger partial charge in [0.25, 0.3) is 5.56 Å². The molecule has 23 heavy (non-hydrogen) atoms. The second-order valence-electron chi connectivity index (χ2n) is 4.88. The molecule has 1 heterocycles. The Morgan fingerprint density at radius 3 is 2.48 bits per heavy atom. The van der Waals surface area contributed by atoms with Crippen LogP contribution in [-0.2, 0) is 0 Å². The average Bonchev–Trinajstić information content (AvgIpc) is 2.57. The van der Waals surface area contributed by atoms with Gasteiger partial charge in [-0.25, -0.2) is 4.39 Å². The average molecular weight is 369 g/mol. The summed E-state index contributed by atoms with van der Waals surface area (Å²) in [6, 6.07) is 17.5. The summed E-state index contributed by atoms with van der Waals surface area (Å²) in [6.45, 7) is 0. The zero-order chi connectivity index (χ0) is 16.4. The number of aromatic nitrogens is 1. The molecule has 5 heteroatoms. The molecule has 0 saturated heterocycles. The highest BCUT2D eigenvalue weighted by Crippen LogP contribution is 2.31. The normalized spacial score (nSPS) is 10.3. The Balaban J connectivity index is 2.32. The van der Waals surface area contributed by atoms with Crippen molar-refractivity contribution < 1.29 is 4.39 Å². The Kier molecular flexibility index (Phi) is 4.09. The number of aromatic amines is 1. The van der Waals surface area contributed by atoms with E-state index in [0.717, 1.165) is 5.56 Å². The van der Waals surface area contributed by atoms with Crippen LogP contribution < -0.4 is 5.56 Å². The van der Waals surface area contributed by atoms with E-state index < -0.39 is 11.4 Å². The van der Waals surface area contributed by atoms with Crippen molar-refractivity contribution in [2.24, 2.45) is 0 Å². The highest BCUT2D eigenvalue weighted by Gasteiger charge is 2.16. The number of hydrogen-bond donors (Lipinski definition) is 1. The highest BCUT2D eigenvalue weighted by atomic mass is 79.9. The number of H-pyrrole nitrogens is 1. The van der Waals surface area contributed by atoms with E-state index in [1.807, 2.05) is 36.4 Å². The standard InChI is InChI=1S/C18H10BrFN2O/c19-15-8-4-7-12(17(15)20)13-9-16(11-5-2-1-3-6-11)22-18(23)14(13)10-21/h1-9H,(H,22,23). The molecule has 0 aliphatic carbocycles. The van der Waals surface area contributed by atoms with Crippen molar-refractivity contribution in [1.29, 1.82) is 5.26 Å². The molecule has 0 aliphatic heterocycles. The fourth-order valence-corrected chi connectivity index (χ4v) is 2.73. The minimum atomic E-state index is -0.539. The Bertz CT molecular complexity index is 975. The molecule has 0 fully saturated rings. The van der Waals surface area contributed by atoms with E-state index >= 15 is 0 Å². The van der Waals surface area contributed by atoms with Crippen molar-refractivity contribution >= 4 is 15.9 Å². The molecule has 0 radical (unpaired) electrons. The fraction of sp³-hybridized carbons (Fsp3) is 0. The molecule has 0 bridgehead atoms. The molecule has 112 valence electrons. The number of rotatable bonds is 2. The maximum Gasteiger partial charge on any atom is 0.266 e. The lowest BCUT2D eigenvalue weighted by atomic mass is 9.98.